The van der Waals surface area contributed by atoms with Crippen LogP contribution in [0.5, 0.6) is 0 Å². The largest absolute Gasteiger partial charge is 0.399 e. The van der Waals surface area contributed by atoms with Crippen molar-refractivity contribution < 1.29 is 4.79 Å². The summed E-state index contributed by atoms with van der Waals surface area (Å²) in [5.74, 6) is -0.124. The van der Waals surface area contributed by atoms with E-state index < -0.39 is 0 Å². The molecule has 0 saturated carbocycles. The minimum absolute atomic E-state index is 0.124. The molecule has 0 fully saturated rings. The molecule has 4 N–H and O–H groups in total. The highest BCUT2D eigenvalue weighted by molar-refractivity contribution is 6.01. The van der Waals surface area contributed by atoms with Crippen LogP contribution in [0.15, 0.2) is 42.5 Å². The van der Waals surface area contributed by atoms with Crippen molar-refractivity contribution in [3.63, 3.8) is 0 Å². The van der Waals surface area contributed by atoms with Gasteiger partial charge >= 0.3 is 0 Å². The van der Waals surface area contributed by atoms with Gasteiger partial charge in [-0.05, 0) is 43.2 Å². The van der Waals surface area contributed by atoms with E-state index in [9.17, 15) is 4.79 Å². The fraction of sp³-hybridized carbons (Fsp3) is 0.235. The van der Waals surface area contributed by atoms with Crippen LogP contribution in [0, 0.1) is 0 Å². The average molecular weight is 283 g/mol. The van der Waals surface area contributed by atoms with E-state index in [0.717, 1.165) is 17.8 Å². The molecule has 0 aromatic heterocycles. The topological polar surface area (TPSA) is 67.2 Å². The van der Waals surface area contributed by atoms with E-state index in [1.807, 2.05) is 31.2 Å². The van der Waals surface area contributed by atoms with E-state index in [-0.39, 0.29) is 5.91 Å². The third kappa shape index (κ3) is 3.54. The summed E-state index contributed by atoms with van der Waals surface area (Å²) in [7, 11) is 0. The molecule has 0 heterocycles. The number of nitrogens with one attached hydrogen (secondary N) is 2. The number of nitrogen functional groups attached to an aromatic ring is 1. The van der Waals surface area contributed by atoms with Crippen molar-refractivity contribution in [1.82, 2.24) is 5.32 Å². The predicted molar refractivity (Wildman–Crippen MR) is 88.0 cm³/mol. The summed E-state index contributed by atoms with van der Waals surface area (Å²) in [6, 6.07) is 13.4. The van der Waals surface area contributed by atoms with Crippen molar-refractivity contribution in [2.75, 3.05) is 17.6 Å². The molecule has 0 bridgehead atoms. The lowest BCUT2D eigenvalue weighted by molar-refractivity contribution is 0.0956. The molecular formula is C17H21N3O. The number of hydrogen-bond acceptors (Lipinski definition) is 3. The molecule has 0 radical (unpaired) electrons. The molecule has 0 saturated heterocycles. The first kappa shape index (κ1) is 14.9. The summed E-state index contributed by atoms with van der Waals surface area (Å²) in [6.45, 7) is 4.58. The lowest BCUT2D eigenvalue weighted by Crippen LogP contribution is -2.23. The zero-order chi connectivity index (χ0) is 15.2. The number of aryl methyl sites for hydroxylation is 1. The molecule has 0 aliphatic heterocycles. The minimum Gasteiger partial charge on any atom is -0.399 e. The second kappa shape index (κ2) is 6.79. The number of para-hydroxylation sites is 1. The Kier molecular flexibility index (Phi) is 4.82. The van der Waals surface area contributed by atoms with Crippen LogP contribution in [0.1, 0.15) is 29.8 Å². The standard InChI is InChI=1S/C17H21N3O/c1-3-12-7-5-6-8-15(12)20-16-10-9-13(18)11-14(16)17(21)19-4-2/h5-11,20H,3-4,18H2,1-2H3,(H,19,21). The van der Waals surface area contributed by atoms with Gasteiger partial charge in [-0.2, -0.15) is 0 Å². The van der Waals surface area contributed by atoms with Crippen molar-refractivity contribution in [3.8, 4) is 0 Å². The summed E-state index contributed by atoms with van der Waals surface area (Å²) >= 11 is 0. The van der Waals surface area contributed by atoms with Crippen molar-refractivity contribution in [1.29, 1.82) is 0 Å². The van der Waals surface area contributed by atoms with Gasteiger partial charge in [-0.25, -0.2) is 0 Å². The number of nitrogens with two attached hydrogens (primary N) is 1. The summed E-state index contributed by atoms with van der Waals surface area (Å²) in [5.41, 5.74) is 9.91. The van der Waals surface area contributed by atoms with Gasteiger partial charge in [0.05, 0.1) is 11.3 Å². The summed E-state index contributed by atoms with van der Waals surface area (Å²) in [4.78, 5) is 12.2. The van der Waals surface area contributed by atoms with Gasteiger partial charge in [-0.15, -0.1) is 0 Å². The average Bonchev–Trinajstić information content (AvgIpc) is 2.49. The Bertz CT molecular complexity index is 638. The minimum atomic E-state index is -0.124. The third-order valence-corrected chi connectivity index (χ3v) is 3.29. The molecule has 4 nitrogen and oxygen atoms in total. The van der Waals surface area contributed by atoms with Gasteiger partial charge in [0, 0.05) is 17.9 Å². The van der Waals surface area contributed by atoms with Gasteiger partial charge in [0.25, 0.3) is 5.91 Å². The molecule has 2 rings (SSSR count). The van der Waals surface area contributed by atoms with Crippen LogP contribution in [0.25, 0.3) is 0 Å². The molecule has 110 valence electrons. The highest BCUT2D eigenvalue weighted by Gasteiger charge is 2.12. The van der Waals surface area contributed by atoms with Crippen LogP contribution in [0.3, 0.4) is 0 Å². The highest BCUT2D eigenvalue weighted by Crippen LogP contribution is 2.25. The van der Waals surface area contributed by atoms with Gasteiger partial charge in [-0.1, -0.05) is 25.1 Å². The van der Waals surface area contributed by atoms with Crippen LogP contribution in [0.2, 0.25) is 0 Å². The van der Waals surface area contributed by atoms with Crippen LogP contribution in [0.4, 0.5) is 17.1 Å². The van der Waals surface area contributed by atoms with Crippen LogP contribution in [-0.2, 0) is 6.42 Å². The van der Waals surface area contributed by atoms with Crippen LogP contribution < -0.4 is 16.4 Å². The highest BCUT2D eigenvalue weighted by atomic mass is 16.1. The summed E-state index contributed by atoms with van der Waals surface area (Å²) < 4.78 is 0. The number of carbonyl (C=O) groups is 1. The molecule has 0 spiro atoms. The lowest BCUT2D eigenvalue weighted by atomic mass is 10.1. The van der Waals surface area contributed by atoms with Crippen molar-refractivity contribution in [3.05, 3.63) is 53.6 Å². The lowest BCUT2D eigenvalue weighted by Gasteiger charge is -2.15. The number of hydrogen-bond donors (Lipinski definition) is 3. The molecule has 0 aliphatic carbocycles. The van der Waals surface area contributed by atoms with E-state index in [4.69, 9.17) is 5.73 Å². The Morgan fingerprint density at radius 2 is 1.86 bits per heavy atom. The van der Waals surface area contributed by atoms with Crippen molar-refractivity contribution in [2.24, 2.45) is 0 Å². The number of rotatable bonds is 5. The maximum absolute atomic E-state index is 12.2. The maximum Gasteiger partial charge on any atom is 0.253 e. The number of amides is 1. The SMILES string of the molecule is CCNC(=O)c1cc(N)ccc1Nc1ccccc1CC. The second-order valence-electron chi connectivity index (χ2n) is 4.80. The maximum atomic E-state index is 12.2. The van der Waals surface area contributed by atoms with Gasteiger partial charge in [0.2, 0.25) is 0 Å². The van der Waals surface area contributed by atoms with Gasteiger partial charge < -0.3 is 16.4 Å². The Hall–Kier alpha value is -2.49. The molecule has 0 aliphatic rings. The van der Waals surface area contributed by atoms with Crippen LogP contribution in [-0.4, -0.2) is 12.5 Å². The molecule has 21 heavy (non-hydrogen) atoms. The molecule has 2 aromatic carbocycles. The quantitative estimate of drug-likeness (QED) is 0.737. The smallest absolute Gasteiger partial charge is 0.253 e. The van der Waals surface area contributed by atoms with E-state index in [1.165, 1.54) is 5.56 Å². The molecule has 2 aromatic rings. The first-order chi connectivity index (χ1) is 10.2. The first-order valence-corrected chi connectivity index (χ1v) is 7.18. The zero-order valence-electron chi connectivity index (χ0n) is 12.4. The monoisotopic (exact) mass is 283 g/mol. The van der Waals surface area contributed by atoms with Gasteiger partial charge in [-0.3, -0.25) is 4.79 Å². The summed E-state index contributed by atoms with van der Waals surface area (Å²) in [5, 5.41) is 6.15. The van der Waals surface area contributed by atoms with Gasteiger partial charge in [0.15, 0.2) is 0 Å². The van der Waals surface area contributed by atoms with Crippen LogP contribution >= 0.6 is 0 Å². The number of benzene rings is 2. The molecule has 0 unspecified atom stereocenters. The van der Waals surface area contributed by atoms with Gasteiger partial charge in [0.1, 0.15) is 0 Å². The second-order valence-corrected chi connectivity index (χ2v) is 4.80. The predicted octanol–water partition coefficient (Wildman–Crippen LogP) is 3.32. The fourth-order valence-electron chi connectivity index (χ4n) is 2.21. The molecular weight excluding hydrogens is 262 g/mol. The number of anilines is 3. The first-order valence-electron chi connectivity index (χ1n) is 7.18. The van der Waals surface area contributed by atoms with E-state index >= 15 is 0 Å². The molecule has 4 heteroatoms. The van der Waals surface area contributed by atoms with Crippen molar-refractivity contribution in [2.45, 2.75) is 20.3 Å². The fourth-order valence-corrected chi connectivity index (χ4v) is 2.21. The van der Waals surface area contributed by atoms with E-state index in [0.29, 0.717) is 17.8 Å². The molecule has 0 atom stereocenters. The summed E-state index contributed by atoms with van der Waals surface area (Å²) in [6.07, 6.45) is 0.925. The Morgan fingerprint density at radius 1 is 1.10 bits per heavy atom. The Morgan fingerprint density at radius 3 is 2.57 bits per heavy atom. The zero-order valence-corrected chi connectivity index (χ0v) is 12.4. The van der Waals surface area contributed by atoms with E-state index in [1.54, 1.807) is 12.1 Å². The van der Waals surface area contributed by atoms with E-state index in [2.05, 4.69) is 23.6 Å². The number of carbonyl (C=O) groups excluding carboxylic acids is 1. The Balaban J connectivity index is 2.37. The third-order valence-electron chi connectivity index (χ3n) is 3.29. The normalized spacial score (nSPS) is 10.2. The van der Waals surface area contributed by atoms with Crippen molar-refractivity contribution >= 4 is 23.0 Å². The molecule has 1 amide bonds. The Labute approximate surface area is 125 Å².